The Morgan fingerprint density at radius 1 is 1.43 bits per heavy atom. The highest BCUT2D eigenvalue weighted by Gasteiger charge is 2.32. The summed E-state index contributed by atoms with van der Waals surface area (Å²) in [5.74, 6) is -1.09. The van der Waals surface area contributed by atoms with E-state index in [1.807, 2.05) is 0 Å². The van der Waals surface area contributed by atoms with E-state index >= 15 is 0 Å². The Hall–Kier alpha value is -1.75. The number of rotatable bonds is 6. The first-order valence-corrected chi connectivity index (χ1v) is 7.51. The molecule has 0 radical (unpaired) electrons. The average Bonchev–Trinajstić information content (AvgIpc) is 3.23. The predicted molar refractivity (Wildman–Crippen MR) is 82.1 cm³/mol. The summed E-state index contributed by atoms with van der Waals surface area (Å²) in [5, 5.41) is 12.2. The number of unbranched alkanes of at least 4 members (excludes halogenated alkanes) is 1. The molecule has 0 aromatic heterocycles. The molecule has 2 N–H and O–H groups in total. The molecule has 0 unspecified atom stereocenters. The van der Waals surface area contributed by atoms with E-state index in [9.17, 15) is 9.59 Å². The number of nitrogens with zero attached hydrogens (tertiary/aromatic N) is 1. The van der Waals surface area contributed by atoms with Crippen LogP contribution >= 0.6 is 11.6 Å². The second kappa shape index (κ2) is 6.80. The number of nitrogens with one attached hydrogen (secondary N) is 1. The normalized spacial score (nSPS) is 13.8. The highest BCUT2D eigenvalue weighted by atomic mass is 35.5. The number of halogens is 1. The molecule has 1 fully saturated rings. The topological polar surface area (TPSA) is 69.6 Å². The van der Waals surface area contributed by atoms with Crippen LogP contribution in [0.4, 0.5) is 10.5 Å². The molecule has 21 heavy (non-hydrogen) atoms. The van der Waals surface area contributed by atoms with Crippen molar-refractivity contribution < 1.29 is 14.7 Å². The molecular formula is C15H19ClN2O3. The van der Waals surface area contributed by atoms with E-state index in [1.54, 1.807) is 4.90 Å². The van der Waals surface area contributed by atoms with Crippen LogP contribution < -0.4 is 5.32 Å². The van der Waals surface area contributed by atoms with Gasteiger partial charge in [-0.15, -0.1) is 0 Å². The summed E-state index contributed by atoms with van der Waals surface area (Å²) in [5.41, 5.74) is 0.279. The van der Waals surface area contributed by atoms with Gasteiger partial charge in [0.15, 0.2) is 0 Å². The van der Waals surface area contributed by atoms with Crippen LogP contribution in [0.3, 0.4) is 0 Å². The van der Waals surface area contributed by atoms with Crippen molar-refractivity contribution >= 4 is 29.3 Å². The first-order valence-electron chi connectivity index (χ1n) is 7.13. The number of carbonyl (C=O) groups is 2. The van der Waals surface area contributed by atoms with Gasteiger partial charge in [0.25, 0.3) is 0 Å². The molecule has 6 heteroatoms. The summed E-state index contributed by atoms with van der Waals surface area (Å²) in [6.45, 7) is 2.76. The Bertz CT molecular complexity index is 544. The zero-order chi connectivity index (χ0) is 15.4. The van der Waals surface area contributed by atoms with Crippen LogP contribution in [0, 0.1) is 0 Å². The number of hydrogen-bond donors (Lipinski definition) is 2. The van der Waals surface area contributed by atoms with Crippen molar-refractivity contribution in [3.8, 4) is 0 Å². The van der Waals surface area contributed by atoms with Gasteiger partial charge in [0, 0.05) is 17.6 Å². The molecule has 2 rings (SSSR count). The third kappa shape index (κ3) is 4.11. The van der Waals surface area contributed by atoms with Gasteiger partial charge in [-0.05, 0) is 37.5 Å². The van der Waals surface area contributed by atoms with E-state index in [-0.39, 0.29) is 23.3 Å². The maximum absolute atomic E-state index is 12.4. The molecule has 1 aliphatic carbocycles. The first kappa shape index (κ1) is 15.6. The van der Waals surface area contributed by atoms with Gasteiger partial charge in [-0.1, -0.05) is 24.9 Å². The zero-order valence-corrected chi connectivity index (χ0v) is 12.7. The van der Waals surface area contributed by atoms with E-state index in [0.717, 1.165) is 25.7 Å². The highest BCUT2D eigenvalue weighted by Crippen LogP contribution is 2.28. The molecule has 1 aliphatic rings. The number of carboxylic acid groups (broad SMARTS) is 1. The summed E-state index contributed by atoms with van der Waals surface area (Å²) in [6.07, 6.45) is 3.97. The Morgan fingerprint density at radius 2 is 2.14 bits per heavy atom. The van der Waals surface area contributed by atoms with Crippen molar-refractivity contribution in [3.63, 3.8) is 0 Å². The second-order valence-electron chi connectivity index (χ2n) is 5.20. The van der Waals surface area contributed by atoms with Crippen LogP contribution in [-0.2, 0) is 0 Å². The number of carboxylic acids is 1. The van der Waals surface area contributed by atoms with Gasteiger partial charge in [-0.3, -0.25) is 0 Å². The summed E-state index contributed by atoms with van der Waals surface area (Å²) >= 11 is 5.89. The lowest BCUT2D eigenvalue weighted by Crippen LogP contribution is -2.37. The van der Waals surface area contributed by atoms with Crippen molar-refractivity contribution in [1.29, 1.82) is 0 Å². The van der Waals surface area contributed by atoms with Gasteiger partial charge in [0.05, 0.1) is 11.3 Å². The lowest BCUT2D eigenvalue weighted by molar-refractivity contribution is 0.0698. The van der Waals surface area contributed by atoms with E-state index in [2.05, 4.69) is 12.2 Å². The maximum atomic E-state index is 12.4. The van der Waals surface area contributed by atoms with E-state index < -0.39 is 5.97 Å². The molecule has 5 nitrogen and oxygen atoms in total. The molecule has 0 saturated heterocycles. The summed E-state index contributed by atoms with van der Waals surface area (Å²) in [4.78, 5) is 25.3. The minimum Gasteiger partial charge on any atom is -0.478 e. The number of hydrogen-bond acceptors (Lipinski definition) is 2. The lowest BCUT2D eigenvalue weighted by atomic mass is 10.2. The largest absolute Gasteiger partial charge is 0.478 e. The van der Waals surface area contributed by atoms with Crippen molar-refractivity contribution in [2.75, 3.05) is 11.9 Å². The van der Waals surface area contributed by atoms with Gasteiger partial charge in [0.2, 0.25) is 0 Å². The molecular weight excluding hydrogens is 292 g/mol. The average molecular weight is 311 g/mol. The molecule has 0 atom stereocenters. The molecule has 0 aliphatic heterocycles. The number of aromatic carboxylic acids is 1. The van der Waals surface area contributed by atoms with Gasteiger partial charge in [-0.2, -0.15) is 0 Å². The monoisotopic (exact) mass is 310 g/mol. The second-order valence-corrected chi connectivity index (χ2v) is 5.64. The fourth-order valence-corrected chi connectivity index (χ4v) is 2.33. The smallest absolute Gasteiger partial charge is 0.337 e. The molecule has 2 amide bonds. The van der Waals surface area contributed by atoms with Crippen molar-refractivity contribution in [2.45, 2.75) is 38.6 Å². The standard InChI is InChI=1S/C15H19ClN2O3/c1-2-3-8-18(11-5-6-11)15(21)17-13-9-10(16)4-7-12(13)14(19)20/h4,7,9,11H,2-3,5-6,8H2,1H3,(H,17,21)(H,19,20). The van der Waals surface area contributed by atoms with Gasteiger partial charge in [0.1, 0.15) is 0 Å². The fourth-order valence-electron chi connectivity index (χ4n) is 2.16. The van der Waals surface area contributed by atoms with Crippen LogP contribution in [0.5, 0.6) is 0 Å². The molecule has 1 aromatic rings. The molecule has 0 bridgehead atoms. The van der Waals surface area contributed by atoms with Crippen LogP contribution in [0.2, 0.25) is 5.02 Å². The highest BCUT2D eigenvalue weighted by molar-refractivity contribution is 6.31. The lowest BCUT2D eigenvalue weighted by Gasteiger charge is -2.23. The summed E-state index contributed by atoms with van der Waals surface area (Å²) < 4.78 is 0. The number of benzene rings is 1. The Labute approximate surface area is 128 Å². The predicted octanol–water partition coefficient (Wildman–Crippen LogP) is 3.83. The fraction of sp³-hybridized carbons (Fsp3) is 0.467. The third-order valence-corrected chi connectivity index (χ3v) is 3.69. The molecule has 0 heterocycles. The van der Waals surface area contributed by atoms with Gasteiger partial charge < -0.3 is 15.3 Å². The first-order chi connectivity index (χ1) is 10.0. The van der Waals surface area contributed by atoms with Crippen molar-refractivity contribution in [2.24, 2.45) is 0 Å². The molecule has 1 aromatic carbocycles. The minimum absolute atomic E-state index is 0.0407. The quantitative estimate of drug-likeness (QED) is 0.838. The SMILES string of the molecule is CCCCN(C(=O)Nc1cc(Cl)ccc1C(=O)O)C1CC1. The summed E-state index contributed by atoms with van der Waals surface area (Å²) in [7, 11) is 0. The van der Waals surface area contributed by atoms with Crippen molar-refractivity contribution in [3.05, 3.63) is 28.8 Å². The summed E-state index contributed by atoms with van der Waals surface area (Å²) in [6, 6.07) is 4.39. The Balaban J connectivity index is 2.13. The van der Waals surface area contributed by atoms with Crippen LogP contribution in [0.25, 0.3) is 0 Å². The van der Waals surface area contributed by atoms with Crippen LogP contribution in [0.15, 0.2) is 18.2 Å². The third-order valence-electron chi connectivity index (χ3n) is 3.45. The van der Waals surface area contributed by atoms with E-state index in [0.29, 0.717) is 11.6 Å². The van der Waals surface area contributed by atoms with E-state index in [1.165, 1.54) is 18.2 Å². The molecule has 114 valence electrons. The Morgan fingerprint density at radius 3 is 2.71 bits per heavy atom. The number of carbonyl (C=O) groups excluding carboxylic acids is 1. The number of anilines is 1. The number of urea groups is 1. The van der Waals surface area contributed by atoms with Crippen molar-refractivity contribution in [1.82, 2.24) is 4.90 Å². The number of amides is 2. The maximum Gasteiger partial charge on any atom is 0.337 e. The van der Waals surface area contributed by atoms with Gasteiger partial charge >= 0.3 is 12.0 Å². The molecule has 1 saturated carbocycles. The van der Waals surface area contributed by atoms with Gasteiger partial charge in [-0.25, -0.2) is 9.59 Å². The Kier molecular flexibility index (Phi) is 5.07. The van der Waals surface area contributed by atoms with Crippen LogP contribution in [-0.4, -0.2) is 34.6 Å². The van der Waals surface area contributed by atoms with Crippen LogP contribution in [0.1, 0.15) is 43.0 Å². The minimum atomic E-state index is -1.09. The zero-order valence-electron chi connectivity index (χ0n) is 11.9. The van der Waals surface area contributed by atoms with E-state index in [4.69, 9.17) is 16.7 Å². The molecule has 0 spiro atoms.